The Kier molecular flexibility index (Phi) is 6.23. The molecule has 2 aromatic rings. The van der Waals surface area contributed by atoms with Gasteiger partial charge in [0.1, 0.15) is 0 Å². The number of carbonyl (C=O) groups excluding carboxylic acids is 4. The van der Waals surface area contributed by atoms with Crippen LogP contribution in [-0.2, 0) is 25.5 Å². The second kappa shape index (κ2) is 8.82. The van der Waals surface area contributed by atoms with Gasteiger partial charge in [0.15, 0.2) is 11.2 Å². The fraction of sp³-hybridized carbons (Fsp3) is 0.316. The van der Waals surface area contributed by atoms with Gasteiger partial charge in [-0.15, -0.1) is 11.3 Å². The normalized spacial score (nSPS) is 14.5. The number of carbonyl (C=O) groups is 4. The fourth-order valence-electron chi connectivity index (χ4n) is 2.75. The number of amides is 3. The van der Waals surface area contributed by atoms with E-state index >= 15 is 0 Å². The predicted octanol–water partition coefficient (Wildman–Crippen LogP) is 1.48. The molecule has 152 valence electrons. The molecule has 1 saturated heterocycles. The number of aromatic nitrogens is 1. The minimum Gasteiger partial charge on any atom is -0.452 e. The molecule has 3 rings (SSSR count). The zero-order valence-electron chi connectivity index (χ0n) is 15.7. The zero-order chi connectivity index (χ0) is 21.0. The third-order valence-corrected chi connectivity index (χ3v) is 5.20. The summed E-state index contributed by atoms with van der Waals surface area (Å²) in [6, 6.07) is 6.03. The summed E-state index contributed by atoms with van der Waals surface area (Å²) >= 11 is 1.30. The molecule has 9 nitrogen and oxygen atoms in total. The van der Waals surface area contributed by atoms with Crippen LogP contribution >= 0.6 is 11.3 Å². The van der Waals surface area contributed by atoms with Crippen LogP contribution in [0.25, 0.3) is 0 Å². The largest absolute Gasteiger partial charge is 0.452 e. The molecule has 2 heterocycles. The van der Waals surface area contributed by atoms with Crippen LogP contribution in [0, 0.1) is 0 Å². The van der Waals surface area contributed by atoms with Crippen LogP contribution in [0.2, 0.25) is 0 Å². The highest BCUT2D eigenvalue weighted by Gasteiger charge is 2.25. The number of hydrogen-bond acceptors (Lipinski definition) is 7. The number of rotatable bonds is 7. The van der Waals surface area contributed by atoms with Crippen LogP contribution in [0.1, 0.15) is 35.8 Å². The van der Waals surface area contributed by atoms with Gasteiger partial charge < -0.3 is 15.8 Å². The van der Waals surface area contributed by atoms with E-state index in [-0.39, 0.29) is 12.3 Å². The second-order valence-corrected chi connectivity index (χ2v) is 7.35. The van der Waals surface area contributed by atoms with Crippen molar-refractivity contribution in [3.63, 3.8) is 0 Å². The maximum Gasteiger partial charge on any atom is 0.312 e. The first-order valence-electron chi connectivity index (χ1n) is 8.98. The Bertz CT molecular complexity index is 940. The lowest BCUT2D eigenvalue weighted by Crippen LogP contribution is -2.30. The molecule has 0 aliphatic carbocycles. The topological polar surface area (TPSA) is 132 Å². The summed E-state index contributed by atoms with van der Waals surface area (Å²) in [6.07, 6.45) is 0.197. The standard InChI is InChI=1S/C19H20N4O5S/c1-11(18(27)21-13-6-4-12(5-7-13)17(20)26)28-16(25)9-14-10-29-19(22-14)23-8-2-3-15(23)24/h4-7,10-11H,2-3,8-9H2,1H3,(H2,20,26)(H,21,27)/t11-/m1/s1. The molecule has 1 aliphatic rings. The number of benzene rings is 1. The first-order chi connectivity index (χ1) is 13.8. The quantitative estimate of drug-likeness (QED) is 0.657. The van der Waals surface area contributed by atoms with E-state index in [1.54, 1.807) is 10.3 Å². The van der Waals surface area contributed by atoms with Gasteiger partial charge in [-0.25, -0.2) is 4.98 Å². The number of anilines is 2. The van der Waals surface area contributed by atoms with Gasteiger partial charge in [0, 0.05) is 29.6 Å². The van der Waals surface area contributed by atoms with Gasteiger partial charge >= 0.3 is 5.97 Å². The number of thiazole rings is 1. The Morgan fingerprint density at radius 1 is 1.31 bits per heavy atom. The minimum absolute atomic E-state index is 0.0302. The molecular formula is C19H20N4O5S. The molecule has 1 aromatic carbocycles. The maximum atomic E-state index is 12.2. The number of esters is 1. The number of ether oxygens (including phenoxy) is 1. The second-order valence-electron chi connectivity index (χ2n) is 6.51. The third kappa shape index (κ3) is 5.17. The van der Waals surface area contributed by atoms with Crippen LogP contribution < -0.4 is 16.0 Å². The summed E-state index contributed by atoms with van der Waals surface area (Å²) in [5.74, 6) is -1.64. The van der Waals surface area contributed by atoms with Crippen LogP contribution in [0.5, 0.6) is 0 Å². The molecule has 1 aliphatic heterocycles. The molecular weight excluding hydrogens is 396 g/mol. The van der Waals surface area contributed by atoms with Gasteiger partial charge in [0.2, 0.25) is 11.8 Å². The average Bonchev–Trinajstić information content (AvgIpc) is 3.30. The van der Waals surface area contributed by atoms with Crippen LogP contribution in [0.4, 0.5) is 10.8 Å². The van der Waals surface area contributed by atoms with E-state index in [0.717, 1.165) is 6.42 Å². The molecule has 0 saturated carbocycles. The van der Waals surface area contributed by atoms with E-state index in [4.69, 9.17) is 10.5 Å². The highest BCUT2D eigenvalue weighted by atomic mass is 32.1. The summed E-state index contributed by atoms with van der Waals surface area (Å²) in [5.41, 5.74) is 6.42. The lowest BCUT2D eigenvalue weighted by molar-refractivity contribution is -0.152. The molecule has 1 fully saturated rings. The minimum atomic E-state index is -1.02. The maximum absolute atomic E-state index is 12.2. The molecule has 0 bridgehead atoms. The van der Waals surface area contributed by atoms with Crippen molar-refractivity contribution in [2.45, 2.75) is 32.3 Å². The Morgan fingerprint density at radius 2 is 2.03 bits per heavy atom. The van der Waals surface area contributed by atoms with Crippen LogP contribution in [0.3, 0.4) is 0 Å². The summed E-state index contributed by atoms with van der Waals surface area (Å²) in [5, 5.41) is 4.87. The van der Waals surface area contributed by atoms with E-state index in [1.807, 2.05) is 0 Å². The van der Waals surface area contributed by atoms with Crippen molar-refractivity contribution in [2.75, 3.05) is 16.8 Å². The van der Waals surface area contributed by atoms with Crippen molar-refractivity contribution in [1.29, 1.82) is 0 Å². The first kappa shape index (κ1) is 20.5. The Hall–Kier alpha value is -3.27. The lowest BCUT2D eigenvalue weighted by atomic mass is 10.2. The van der Waals surface area contributed by atoms with Gasteiger partial charge in [-0.2, -0.15) is 0 Å². The summed E-state index contributed by atoms with van der Waals surface area (Å²) in [7, 11) is 0. The smallest absolute Gasteiger partial charge is 0.312 e. The van der Waals surface area contributed by atoms with Gasteiger partial charge in [-0.1, -0.05) is 0 Å². The van der Waals surface area contributed by atoms with E-state index < -0.39 is 23.9 Å². The summed E-state index contributed by atoms with van der Waals surface area (Å²) in [6.45, 7) is 2.09. The van der Waals surface area contributed by atoms with Crippen molar-refractivity contribution in [3.8, 4) is 0 Å². The number of nitrogens with two attached hydrogens (primary N) is 1. The van der Waals surface area contributed by atoms with Gasteiger partial charge in [0.05, 0.1) is 12.1 Å². The van der Waals surface area contributed by atoms with Crippen molar-refractivity contribution in [3.05, 3.63) is 40.9 Å². The van der Waals surface area contributed by atoms with E-state index in [1.165, 1.54) is 42.5 Å². The van der Waals surface area contributed by atoms with Gasteiger partial charge in [-0.3, -0.25) is 24.1 Å². The lowest BCUT2D eigenvalue weighted by Gasteiger charge is -2.13. The third-order valence-electron chi connectivity index (χ3n) is 4.28. The van der Waals surface area contributed by atoms with E-state index in [0.29, 0.717) is 35.0 Å². The van der Waals surface area contributed by atoms with Crippen molar-refractivity contribution >= 4 is 45.8 Å². The first-order valence-corrected chi connectivity index (χ1v) is 9.86. The monoisotopic (exact) mass is 416 g/mol. The average molecular weight is 416 g/mol. The van der Waals surface area contributed by atoms with Crippen molar-refractivity contribution in [1.82, 2.24) is 4.98 Å². The van der Waals surface area contributed by atoms with Crippen molar-refractivity contribution in [2.24, 2.45) is 5.73 Å². The highest BCUT2D eigenvalue weighted by molar-refractivity contribution is 7.14. The molecule has 3 N–H and O–H groups in total. The number of nitrogens with zero attached hydrogens (tertiary/aromatic N) is 2. The zero-order valence-corrected chi connectivity index (χ0v) is 16.5. The van der Waals surface area contributed by atoms with Crippen molar-refractivity contribution < 1.29 is 23.9 Å². The van der Waals surface area contributed by atoms with Crippen LogP contribution in [0.15, 0.2) is 29.6 Å². The number of hydrogen-bond donors (Lipinski definition) is 2. The predicted molar refractivity (Wildman–Crippen MR) is 107 cm³/mol. The Morgan fingerprint density at radius 3 is 2.66 bits per heavy atom. The summed E-state index contributed by atoms with van der Waals surface area (Å²) < 4.78 is 5.17. The Balaban J connectivity index is 1.50. The molecule has 0 radical (unpaired) electrons. The van der Waals surface area contributed by atoms with Crippen LogP contribution in [-0.4, -0.2) is 41.3 Å². The molecule has 10 heteroatoms. The fourth-order valence-corrected chi connectivity index (χ4v) is 3.62. The Labute approximate surface area is 170 Å². The molecule has 3 amide bonds. The molecule has 0 spiro atoms. The SMILES string of the molecule is C[C@@H](OC(=O)Cc1csc(N2CCCC2=O)n1)C(=O)Nc1ccc(C(N)=O)cc1. The molecule has 1 aromatic heterocycles. The molecule has 0 unspecified atom stereocenters. The van der Waals surface area contributed by atoms with Gasteiger partial charge in [-0.05, 0) is 37.6 Å². The summed E-state index contributed by atoms with van der Waals surface area (Å²) in [4.78, 5) is 53.1. The molecule has 29 heavy (non-hydrogen) atoms. The highest BCUT2D eigenvalue weighted by Crippen LogP contribution is 2.25. The number of nitrogens with one attached hydrogen (secondary N) is 1. The van der Waals surface area contributed by atoms with Gasteiger partial charge in [0.25, 0.3) is 5.91 Å². The molecule has 1 atom stereocenters. The van der Waals surface area contributed by atoms with E-state index in [2.05, 4.69) is 10.3 Å². The number of primary amides is 1. The van der Waals surface area contributed by atoms with E-state index in [9.17, 15) is 19.2 Å².